The van der Waals surface area contributed by atoms with Gasteiger partial charge in [0.05, 0.1) is 6.04 Å². The topological polar surface area (TPSA) is 82.8 Å². The van der Waals surface area contributed by atoms with Crippen LogP contribution in [0.2, 0.25) is 0 Å². The average molecular weight is 219 g/mol. The highest BCUT2D eigenvalue weighted by molar-refractivity contribution is 5.42. The summed E-state index contributed by atoms with van der Waals surface area (Å²) in [5.41, 5.74) is 5.82. The Bertz CT molecular complexity index is 487. The Balaban J connectivity index is 2.26. The smallest absolute Gasteiger partial charge is 0.244 e. The normalized spacial score (nSPS) is 12.6. The van der Waals surface area contributed by atoms with E-state index in [4.69, 9.17) is 10.3 Å². The quantitative estimate of drug-likeness (QED) is 0.777. The molecule has 0 radical (unpaired) electrons. The Kier molecular flexibility index (Phi) is 2.82. The molecular weight excluding hydrogens is 206 g/mol. The number of nitrogens with zero attached hydrogens (tertiary/aromatic N) is 4. The van der Waals surface area contributed by atoms with Crippen molar-refractivity contribution in [2.24, 2.45) is 12.8 Å². The molecule has 2 rings (SSSR count). The van der Waals surface area contributed by atoms with Crippen LogP contribution in [0.1, 0.15) is 18.4 Å². The summed E-state index contributed by atoms with van der Waals surface area (Å²) in [7, 11) is 1.86. The van der Waals surface area contributed by atoms with Crippen molar-refractivity contribution in [2.75, 3.05) is 0 Å². The molecule has 1 unspecified atom stereocenters. The zero-order valence-corrected chi connectivity index (χ0v) is 9.00. The van der Waals surface area contributed by atoms with Gasteiger partial charge >= 0.3 is 0 Å². The van der Waals surface area contributed by atoms with Gasteiger partial charge in [-0.3, -0.25) is 0 Å². The molecular formula is C10H13N5O. The van der Waals surface area contributed by atoms with Gasteiger partial charge in [-0.2, -0.15) is 4.98 Å². The lowest BCUT2D eigenvalue weighted by molar-refractivity contribution is 0.355. The van der Waals surface area contributed by atoms with Gasteiger partial charge in [-0.25, -0.2) is 4.98 Å². The minimum absolute atomic E-state index is 0.306. The Morgan fingerprint density at radius 3 is 3.12 bits per heavy atom. The van der Waals surface area contributed by atoms with Crippen LogP contribution < -0.4 is 5.73 Å². The molecule has 2 aromatic heterocycles. The van der Waals surface area contributed by atoms with Gasteiger partial charge in [0.2, 0.25) is 11.7 Å². The van der Waals surface area contributed by atoms with Crippen LogP contribution in [-0.2, 0) is 7.05 Å². The maximum atomic E-state index is 5.82. The average Bonchev–Trinajstić information content (AvgIpc) is 2.86. The van der Waals surface area contributed by atoms with Crippen LogP contribution >= 0.6 is 0 Å². The summed E-state index contributed by atoms with van der Waals surface area (Å²) >= 11 is 0. The van der Waals surface area contributed by atoms with E-state index in [1.54, 1.807) is 12.3 Å². The third-order valence-electron chi connectivity index (χ3n) is 2.20. The number of rotatable bonds is 4. The Morgan fingerprint density at radius 2 is 2.50 bits per heavy atom. The molecule has 84 valence electrons. The van der Waals surface area contributed by atoms with Gasteiger partial charge < -0.3 is 14.8 Å². The Hall–Kier alpha value is -1.95. The number of hydrogen-bond acceptors (Lipinski definition) is 5. The van der Waals surface area contributed by atoms with Gasteiger partial charge in [-0.15, -0.1) is 6.58 Å². The maximum absolute atomic E-state index is 5.82. The lowest BCUT2D eigenvalue weighted by Gasteiger charge is -2.00. The molecule has 0 saturated heterocycles. The maximum Gasteiger partial charge on any atom is 0.244 e. The lowest BCUT2D eigenvalue weighted by Crippen LogP contribution is -2.09. The van der Waals surface area contributed by atoms with Crippen LogP contribution in [0.3, 0.4) is 0 Å². The first kappa shape index (κ1) is 10.6. The van der Waals surface area contributed by atoms with Crippen LogP contribution in [-0.4, -0.2) is 19.7 Å². The summed E-state index contributed by atoms with van der Waals surface area (Å²) in [4.78, 5) is 8.32. The summed E-state index contributed by atoms with van der Waals surface area (Å²) in [6, 6.07) is -0.306. The molecule has 1 atom stereocenters. The van der Waals surface area contributed by atoms with Gasteiger partial charge in [0.1, 0.15) is 0 Å². The zero-order valence-electron chi connectivity index (χ0n) is 9.00. The molecule has 6 heteroatoms. The SMILES string of the molecule is C=CCC(N)c1nc(-c2nccn2C)no1. The van der Waals surface area contributed by atoms with Crippen LogP contribution in [0.4, 0.5) is 0 Å². The van der Waals surface area contributed by atoms with Crippen LogP contribution in [0.15, 0.2) is 29.6 Å². The summed E-state index contributed by atoms with van der Waals surface area (Å²) in [5.74, 6) is 1.50. The number of imidazole rings is 1. The fraction of sp³-hybridized carbons (Fsp3) is 0.300. The van der Waals surface area contributed by atoms with Crippen LogP contribution in [0.5, 0.6) is 0 Å². The highest BCUT2D eigenvalue weighted by atomic mass is 16.5. The van der Waals surface area contributed by atoms with E-state index in [1.807, 2.05) is 17.8 Å². The molecule has 6 nitrogen and oxygen atoms in total. The standard InChI is InChI=1S/C10H13N5O/c1-3-4-7(11)10-13-8(14-16-10)9-12-5-6-15(9)2/h3,5-7H,1,4,11H2,2H3. The predicted molar refractivity (Wildman–Crippen MR) is 58.2 cm³/mol. The van der Waals surface area contributed by atoms with Crippen molar-refractivity contribution in [1.82, 2.24) is 19.7 Å². The summed E-state index contributed by atoms with van der Waals surface area (Å²) < 4.78 is 6.88. The van der Waals surface area contributed by atoms with E-state index in [0.717, 1.165) is 0 Å². The molecule has 2 aromatic rings. The number of aryl methyl sites for hydroxylation is 1. The molecule has 0 bridgehead atoms. The highest BCUT2D eigenvalue weighted by Gasteiger charge is 2.16. The first-order chi connectivity index (χ1) is 7.72. The summed E-state index contributed by atoms with van der Waals surface area (Å²) in [5, 5.41) is 3.84. The minimum Gasteiger partial charge on any atom is -0.337 e. The first-order valence-electron chi connectivity index (χ1n) is 4.90. The van der Waals surface area contributed by atoms with Crippen molar-refractivity contribution >= 4 is 0 Å². The summed E-state index contributed by atoms with van der Waals surface area (Å²) in [6.45, 7) is 3.61. The molecule has 0 amide bonds. The number of nitrogens with two attached hydrogens (primary N) is 1. The van der Waals surface area contributed by atoms with Crippen molar-refractivity contribution in [3.8, 4) is 11.6 Å². The van der Waals surface area contributed by atoms with Gasteiger partial charge in [-0.1, -0.05) is 11.2 Å². The largest absolute Gasteiger partial charge is 0.337 e. The highest BCUT2D eigenvalue weighted by Crippen LogP contribution is 2.17. The van der Waals surface area contributed by atoms with E-state index < -0.39 is 0 Å². The first-order valence-corrected chi connectivity index (χ1v) is 4.90. The van der Waals surface area contributed by atoms with Crippen molar-refractivity contribution < 1.29 is 4.52 Å². The third kappa shape index (κ3) is 1.87. The number of hydrogen-bond donors (Lipinski definition) is 1. The fourth-order valence-electron chi connectivity index (χ4n) is 1.34. The van der Waals surface area contributed by atoms with E-state index in [2.05, 4.69) is 21.7 Å². The van der Waals surface area contributed by atoms with E-state index in [-0.39, 0.29) is 6.04 Å². The second-order valence-electron chi connectivity index (χ2n) is 3.45. The third-order valence-corrected chi connectivity index (χ3v) is 2.20. The zero-order chi connectivity index (χ0) is 11.5. The molecule has 16 heavy (non-hydrogen) atoms. The number of aromatic nitrogens is 4. The summed E-state index contributed by atoms with van der Waals surface area (Å²) in [6.07, 6.45) is 5.81. The van der Waals surface area contributed by atoms with E-state index >= 15 is 0 Å². The molecule has 0 saturated carbocycles. The van der Waals surface area contributed by atoms with Gasteiger partial charge in [0.25, 0.3) is 0 Å². The molecule has 2 N–H and O–H groups in total. The van der Waals surface area contributed by atoms with Gasteiger partial charge in [0, 0.05) is 19.4 Å². The second kappa shape index (κ2) is 4.28. The van der Waals surface area contributed by atoms with Crippen molar-refractivity contribution in [2.45, 2.75) is 12.5 Å². The molecule has 0 aliphatic heterocycles. The fourth-order valence-corrected chi connectivity index (χ4v) is 1.34. The van der Waals surface area contributed by atoms with E-state index in [9.17, 15) is 0 Å². The van der Waals surface area contributed by atoms with E-state index in [0.29, 0.717) is 24.0 Å². The van der Waals surface area contributed by atoms with Gasteiger partial charge in [0.15, 0.2) is 5.82 Å². The predicted octanol–water partition coefficient (Wildman–Crippen LogP) is 1.05. The second-order valence-corrected chi connectivity index (χ2v) is 3.45. The molecule has 2 heterocycles. The minimum atomic E-state index is -0.306. The Morgan fingerprint density at radius 1 is 1.69 bits per heavy atom. The van der Waals surface area contributed by atoms with Crippen LogP contribution in [0, 0.1) is 0 Å². The van der Waals surface area contributed by atoms with E-state index in [1.165, 1.54) is 0 Å². The lowest BCUT2D eigenvalue weighted by atomic mass is 10.2. The van der Waals surface area contributed by atoms with Crippen LogP contribution in [0.25, 0.3) is 11.6 Å². The molecule has 0 fully saturated rings. The van der Waals surface area contributed by atoms with Crippen molar-refractivity contribution in [3.05, 3.63) is 30.9 Å². The molecule has 0 spiro atoms. The molecule has 0 aliphatic carbocycles. The Labute approximate surface area is 92.8 Å². The monoisotopic (exact) mass is 219 g/mol. The van der Waals surface area contributed by atoms with Crippen molar-refractivity contribution in [1.29, 1.82) is 0 Å². The molecule has 0 aliphatic rings. The van der Waals surface area contributed by atoms with Gasteiger partial charge in [-0.05, 0) is 6.42 Å². The van der Waals surface area contributed by atoms with Crippen molar-refractivity contribution in [3.63, 3.8) is 0 Å². The molecule has 0 aromatic carbocycles.